The van der Waals surface area contributed by atoms with E-state index in [1.54, 1.807) is 6.07 Å². The summed E-state index contributed by atoms with van der Waals surface area (Å²) in [7, 11) is 0. The highest BCUT2D eigenvalue weighted by molar-refractivity contribution is 5.30. The second kappa shape index (κ2) is 4.05. The lowest BCUT2D eigenvalue weighted by molar-refractivity contribution is 0.798. The quantitative estimate of drug-likeness (QED) is 0.766. The first kappa shape index (κ1) is 10.8. The van der Waals surface area contributed by atoms with Gasteiger partial charge in [0, 0.05) is 12.5 Å². The molecule has 6 heteroatoms. The number of nitrogens with one attached hydrogen (secondary N) is 1. The molecule has 0 aliphatic rings. The first-order chi connectivity index (χ1) is 7.63. The van der Waals surface area contributed by atoms with Gasteiger partial charge in [0.05, 0.1) is 5.69 Å². The zero-order valence-electron chi connectivity index (χ0n) is 9.40. The Morgan fingerprint density at radius 3 is 2.94 bits per heavy atom. The van der Waals surface area contributed by atoms with E-state index in [9.17, 15) is 4.79 Å². The zero-order chi connectivity index (χ0) is 11.7. The second-order valence-corrected chi connectivity index (χ2v) is 4.01. The number of nitrogens with zero attached hydrogens (tertiary/aromatic N) is 3. The molecule has 0 saturated heterocycles. The standard InChI is InChI=1S/C10H15N5O/c1-6(2)7-5-9(16)15-8(3-4-11)13-14-10(15)12-7/h5-6H,3-4,11H2,1-2H3,(H,12,14). The number of hydrogen-bond acceptors (Lipinski definition) is 4. The van der Waals surface area contributed by atoms with Gasteiger partial charge in [0.2, 0.25) is 5.78 Å². The number of fused-ring (bicyclic) bond motifs is 1. The van der Waals surface area contributed by atoms with Crippen LogP contribution in [0.25, 0.3) is 5.78 Å². The molecular weight excluding hydrogens is 206 g/mol. The molecule has 0 amide bonds. The van der Waals surface area contributed by atoms with Crippen LogP contribution < -0.4 is 11.3 Å². The average molecular weight is 221 g/mol. The number of H-pyrrole nitrogens is 1. The minimum absolute atomic E-state index is 0.106. The van der Waals surface area contributed by atoms with Gasteiger partial charge in [-0.1, -0.05) is 13.8 Å². The summed E-state index contributed by atoms with van der Waals surface area (Å²) in [4.78, 5) is 16.2. The lowest BCUT2D eigenvalue weighted by Crippen LogP contribution is -2.19. The fraction of sp³-hybridized carbons (Fsp3) is 0.500. The molecule has 2 rings (SSSR count). The maximum absolute atomic E-state index is 11.9. The molecule has 86 valence electrons. The Morgan fingerprint density at radius 1 is 1.56 bits per heavy atom. The van der Waals surface area contributed by atoms with Crippen LogP contribution in [-0.2, 0) is 6.42 Å². The highest BCUT2D eigenvalue weighted by Gasteiger charge is 2.10. The summed E-state index contributed by atoms with van der Waals surface area (Å²) in [5, 5.41) is 6.80. The van der Waals surface area contributed by atoms with Gasteiger partial charge in [0.15, 0.2) is 0 Å². The van der Waals surface area contributed by atoms with E-state index < -0.39 is 0 Å². The van der Waals surface area contributed by atoms with E-state index in [0.717, 1.165) is 5.69 Å². The predicted octanol–water partition coefficient (Wildman–Crippen LogP) is 0.0422. The first-order valence-corrected chi connectivity index (χ1v) is 5.30. The van der Waals surface area contributed by atoms with Crippen LogP contribution >= 0.6 is 0 Å². The van der Waals surface area contributed by atoms with Crippen molar-refractivity contribution < 1.29 is 0 Å². The number of hydrogen-bond donors (Lipinski definition) is 2. The highest BCUT2D eigenvalue weighted by atomic mass is 16.1. The Kier molecular flexibility index (Phi) is 2.74. The lowest BCUT2D eigenvalue weighted by Gasteiger charge is -2.03. The predicted molar refractivity (Wildman–Crippen MR) is 60.5 cm³/mol. The SMILES string of the molecule is CC(C)c1cc(=O)n2c(CCN)n[nH]c2n1. The van der Waals surface area contributed by atoms with Crippen molar-refractivity contribution in [3.63, 3.8) is 0 Å². The van der Waals surface area contributed by atoms with Crippen LogP contribution in [0.15, 0.2) is 10.9 Å². The van der Waals surface area contributed by atoms with Crippen molar-refractivity contribution in [2.24, 2.45) is 5.73 Å². The van der Waals surface area contributed by atoms with Crippen LogP contribution in [0, 0.1) is 0 Å². The molecule has 16 heavy (non-hydrogen) atoms. The van der Waals surface area contributed by atoms with Crippen molar-refractivity contribution in [2.45, 2.75) is 26.2 Å². The van der Waals surface area contributed by atoms with Gasteiger partial charge in [-0.05, 0) is 12.5 Å². The highest BCUT2D eigenvalue weighted by Crippen LogP contribution is 2.09. The molecule has 6 nitrogen and oxygen atoms in total. The monoisotopic (exact) mass is 221 g/mol. The van der Waals surface area contributed by atoms with E-state index in [4.69, 9.17) is 5.73 Å². The van der Waals surface area contributed by atoms with Crippen LogP contribution in [0.4, 0.5) is 0 Å². The maximum Gasteiger partial charge on any atom is 0.260 e. The van der Waals surface area contributed by atoms with Crippen LogP contribution in [0.2, 0.25) is 0 Å². The Morgan fingerprint density at radius 2 is 2.31 bits per heavy atom. The Balaban J connectivity index is 2.64. The number of rotatable bonds is 3. The molecule has 0 aromatic carbocycles. The molecule has 0 aliphatic carbocycles. The van der Waals surface area contributed by atoms with Gasteiger partial charge in [0.1, 0.15) is 5.82 Å². The lowest BCUT2D eigenvalue weighted by atomic mass is 10.1. The normalized spacial score (nSPS) is 11.5. The number of aromatic nitrogens is 4. The van der Waals surface area contributed by atoms with E-state index in [1.807, 2.05) is 13.8 Å². The molecular formula is C10H15N5O. The summed E-state index contributed by atoms with van der Waals surface area (Å²) < 4.78 is 1.47. The second-order valence-electron chi connectivity index (χ2n) is 4.01. The summed E-state index contributed by atoms with van der Waals surface area (Å²) in [5.74, 6) is 1.34. The third kappa shape index (κ3) is 1.71. The Labute approximate surface area is 92.5 Å². The Bertz CT molecular complexity index is 554. The largest absolute Gasteiger partial charge is 0.330 e. The topological polar surface area (TPSA) is 89.1 Å². The van der Waals surface area contributed by atoms with Crippen LogP contribution in [0.1, 0.15) is 31.3 Å². The van der Waals surface area contributed by atoms with E-state index >= 15 is 0 Å². The summed E-state index contributed by atoms with van der Waals surface area (Å²) in [6.07, 6.45) is 0.558. The van der Waals surface area contributed by atoms with Crippen molar-refractivity contribution in [3.05, 3.63) is 27.9 Å². The number of nitrogens with two attached hydrogens (primary N) is 1. The van der Waals surface area contributed by atoms with Gasteiger partial charge in [-0.15, -0.1) is 0 Å². The van der Waals surface area contributed by atoms with Gasteiger partial charge >= 0.3 is 0 Å². The minimum atomic E-state index is -0.106. The Hall–Kier alpha value is -1.69. The van der Waals surface area contributed by atoms with Gasteiger partial charge in [-0.2, -0.15) is 5.10 Å². The molecule has 0 radical (unpaired) electrons. The number of aromatic amines is 1. The average Bonchev–Trinajstić information content (AvgIpc) is 2.62. The third-order valence-corrected chi connectivity index (χ3v) is 2.44. The summed E-state index contributed by atoms with van der Waals surface area (Å²) in [6, 6.07) is 1.55. The fourth-order valence-corrected chi connectivity index (χ4v) is 1.58. The molecule has 0 spiro atoms. The summed E-state index contributed by atoms with van der Waals surface area (Å²) in [6.45, 7) is 4.45. The minimum Gasteiger partial charge on any atom is -0.330 e. The van der Waals surface area contributed by atoms with Crippen molar-refractivity contribution in [1.29, 1.82) is 0 Å². The fourth-order valence-electron chi connectivity index (χ4n) is 1.58. The molecule has 2 aromatic heterocycles. The molecule has 0 aliphatic heterocycles. The van der Waals surface area contributed by atoms with Gasteiger partial charge < -0.3 is 5.73 Å². The smallest absolute Gasteiger partial charge is 0.260 e. The maximum atomic E-state index is 11.9. The van der Waals surface area contributed by atoms with Crippen LogP contribution in [0.5, 0.6) is 0 Å². The van der Waals surface area contributed by atoms with E-state index in [-0.39, 0.29) is 11.5 Å². The van der Waals surface area contributed by atoms with Crippen molar-refractivity contribution in [3.8, 4) is 0 Å². The third-order valence-electron chi connectivity index (χ3n) is 2.44. The zero-order valence-corrected chi connectivity index (χ0v) is 9.40. The molecule has 0 saturated carbocycles. The molecule has 0 bridgehead atoms. The van der Waals surface area contributed by atoms with Crippen molar-refractivity contribution >= 4 is 5.78 Å². The summed E-state index contributed by atoms with van der Waals surface area (Å²) >= 11 is 0. The van der Waals surface area contributed by atoms with E-state index in [1.165, 1.54) is 4.40 Å². The van der Waals surface area contributed by atoms with E-state index in [2.05, 4.69) is 15.2 Å². The van der Waals surface area contributed by atoms with Crippen LogP contribution in [0.3, 0.4) is 0 Å². The molecule has 2 aromatic rings. The molecule has 0 unspecified atom stereocenters. The van der Waals surface area contributed by atoms with Crippen molar-refractivity contribution in [2.75, 3.05) is 6.54 Å². The van der Waals surface area contributed by atoms with E-state index in [0.29, 0.717) is 24.6 Å². The summed E-state index contributed by atoms with van der Waals surface area (Å²) in [5.41, 5.74) is 6.11. The molecule has 3 N–H and O–H groups in total. The van der Waals surface area contributed by atoms with Crippen LogP contribution in [-0.4, -0.2) is 26.1 Å². The van der Waals surface area contributed by atoms with Crippen molar-refractivity contribution in [1.82, 2.24) is 19.6 Å². The molecule has 0 fully saturated rings. The first-order valence-electron chi connectivity index (χ1n) is 5.30. The van der Waals surface area contributed by atoms with Gasteiger partial charge in [-0.25, -0.2) is 14.5 Å². The molecule has 0 atom stereocenters. The molecule has 2 heterocycles. The van der Waals surface area contributed by atoms with Gasteiger partial charge in [-0.3, -0.25) is 4.79 Å². The van der Waals surface area contributed by atoms with Gasteiger partial charge in [0.25, 0.3) is 5.56 Å².